The van der Waals surface area contributed by atoms with Crippen LogP contribution in [0.5, 0.6) is 0 Å². The minimum absolute atomic E-state index is 0. The number of rotatable bonds is 3. The molecule has 2 rings (SSSR count). The van der Waals surface area contributed by atoms with Crippen LogP contribution in [-0.4, -0.2) is 27.5 Å². The van der Waals surface area contributed by atoms with Gasteiger partial charge in [0, 0.05) is 12.6 Å². The molecule has 17 heavy (non-hydrogen) atoms. The molecule has 2 N–H and O–H groups in total. The lowest BCUT2D eigenvalue weighted by atomic mass is 10.3. The van der Waals surface area contributed by atoms with Gasteiger partial charge in [0.1, 0.15) is 4.21 Å². The molecule has 0 radical (unpaired) electrons. The predicted octanol–water partition coefficient (Wildman–Crippen LogP) is 1.77. The van der Waals surface area contributed by atoms with E-state index in [1.165, 1.54) is 0 Å². The van der Waals surface area contributed by atoms with Crippen molar-refractivity contribution in [2.75, 3.05) is 13.1 Å². The van der Waals surface area contributed by atoms with Crippen molar-refractivity contribution in [3.63, 3.8) is 0 Å². The van der Waals surface area contributed by atoms with E-state index in [9.17, 15) is 8.42 Å². The van der Waals surface area contributed by atoms with Gasteiger partial charge < -0.3 is 5.32 Å². The molecule has 1 atom stereocenters. The van der Waals surface area contributed by atoms with Gasteiger partial charge in [-0.1, -0.05) is 11.6 Å². The maximum atomic E-state index is 12.0. The molecule has 2 heterocycles. The van der Waals surface area contributed by atoms with Crippen LogP contribution < -0.4 is 10.0 Å². The van der Waals surface area contributed by atoms with Gasteiger partial charge in [0.15, 0.2) is 0 Å². The summed E-state index contributed by atoms with van der Waals surface area (Å²) in [5, 5.41) is 3.11. The Hall–Kier alpha value is 0.150. The quantitative estimate of drug-likeness (QED) is 0.893. The van der Waals surface area contributed by atoms with Gasteiger partial charge in [-0.05, 0) is 31.5 Å². The molecule has 1 aromatic rings. The second kappa shape index (κ2) is 5.86. The molecule has 1 aliphatic rings. The normalized spacial score (nSPS) is 20.2. The van der Waals surface area contributed by atoms with E-state index in [4.69, 9.17) is 11.6 Å². The van der Waals surface area contributed by atoms with Crippen molar-refractivity contribution < 1.29 is 8.42 Å². The second-order valence-electron chi connectivity index (χ2n) is 3.83. The van der Waals surface area contributed by atoms with E-state index in [1.807, 2.05) is 0 Å². The molecule has 1 saturated heterocycles. The summed E-state index contributed by atoms with van der Waals surface area (Å²) in [5.74, 6) is 0. The molecule has 1 aliphatic heterocycles. The second-order valence-corrected chi connectivity index (χ2v) is 7.43. The SMILES string of the molecule is Cc1cc(S(=O)(=O)NC2CCNC2)sc1Cl.Cl. The molecule has 0 spiro atoms. The molecule has 98 valence electrons. The van der Waals surface area contributed by atoms with Gasteiger partial charge >= 0.3 is 0 Å². The third kappa shape index (κ3) is 3.56. The molecule has 0 aliphatic carbocycles. The molecular formula is C9H14Cl2N2O2S2. The number of halogens is 2. The fourth-order valence-corrected chi connectivity index (χ4v) is 4.59. The highest BCUT2D eigenvalue weighted by atomic mass is 35.5. The average molecular weight is 317 g/mol. The van der Waals surface area contributed by atoms with Gasteiger partial charge in [-0.2, -0.15) is 0 Å². The first-order valence-electron chi connectivity index (χ1n) is 4.98. The third-order valence-electron chi connectivity index (χ3n) is 2.48. The highest BCUT2D eigenvalue weighted by Gasteiger charge is 2.24. The van der Waals surface area contributed by atoms with Crippen LogP contribution in [0, 0.1) is 6.92 Å². The molecular weight excluding hydrogens is 303 g/mol. The predicted molar refractivity (Wildman–Crippen MR) is 72.9 cm³/mol. The highest BCUT2D eigenvalue weighted by Crippen LogP contribution is 2.30. The van der Waals surface area contributed by atoms with Crippen LogP contribution >= 0.6 is 35.3 Å². The summed E-state index contributed by atoms with van der Waals surface area (Å²) in [6, 6.07) is 1.60. The van der Waals surface area contributed by atoms with Crippen LogP contribution in [0.2, 0.25) is 4.34 Å². The minimum atomic E-state index is -3.40. The number of hydrogen-bond donors (Lipinski definition) is 2. The average Bonchev–Trinajstić information content (AvgIpc) is 2.78. The molecule has 4 nitrogen and oxygen atoms in total. The van der Waals surface area contributed by atoms with Crippen molar-refractivity contribution in [1.29, 1.82) is 0 Å². The van der Waals surface area contributed by atoms with Crippen molar-refractivity contribution >= 4 is 45.4 Å². The smallest absolute Gasteiger partial charge is 0.250 e. The van der Waals surface area contributed by atoms with Gasteiger partial charge in [-0.3, -0.25) is 0 Å². The zero-order chi connectivity index (χ0) is 11.8. The van der Waals surface area contributed by atoms with Crippen molar-refractivity contribution in [1.82, 2.24) is 10.0 Å². The minimum Gasteiger partial charge on any atom is -0.315 e. The van der Waals surface area contributed by atoms with Crippen molar-refractivity contribution in [2.45, 2.75) is 23.6 Å². The third-order valence-corrected chi connectivity index (χ3v) is 6.03. The Balaban J connectivity index is 0.00000144. The molecule has 0 saturated carbocycles. The Morgan fingerprint density at radius 3 is 2.76 bits per heavy atom. The summed E-state index contributed by atoms with van der Waals surface area (Å²) in [5.41, 5.74) is 0.802. The zero-order valence-corrected chi connectivity index (χ0v) is 12.4. The lowest BCUT2D eigenvalue weighted by Gasteiger charge is -2.10. The van der Waals surface area contributed by atoms with E-state index in [-0.39, 0.29) is 18.4 Å². The molecule has 1 unspecified atom stereocenters. The van der Waals surface area contributed by atoms with Gasteiger partial charge in [0.2, 0.25) is 10.0 Å². The highest BCUT2D eigenvalue weighted by molar-refractivity contribution is 7.91. The number of nitrogens with one attached hydrogen (secondary N) is 2. The molecule has 1 aromatic heterocycles. The lowest BCUT2D eigenvalue weighted by molar-refractivity contribution is 0.562. The summed E-state index contributed by atoms with van der Waals surface area (Å²) in [6.45, 7) is 3.35. The Morgan fingerprint density at radius 1 is 1.59 bits per heavy atom. The number of thiophene rings is 1. The molecule has 8 heteroatoms. The summed E-state index contributed by atoms with van der Waals surface area (Å²) < 4.78 is 27.4. The Bertz CT molecular complexity index is 462. The van der Waals surface area contributed by atoms with Gasteiger partial charge in [0.05, 0.1) is 4.34 Å². The Morgan fingerprint density at radius 2 is 2.29 bits per heavy atom. The first-order valence-corrected chi connectivity index (χ1v) is 7.66. The zero-order valence-electron chi connectivity index (χ0n) is 9.20. The first-order chi connectivity index (χ1) is 7.49. The van der Waals surface area contributed by atoms with E-state index in [0.717, 1.165) is 29.9 Å². The van der Waals surface area contributed by atoms with Crippen LogP contribution in [0.15, 0.2) is 10.3 Å². The fraction of sp³-hybridized carbons (Fsp3) is 0.556. The Labute approximate surface area is 116 Å². The maximum Gasteiger partial charge on any atom is 0.250 e. The topological polar surface area (TPSA) is 58.2 Å². The molecule has 0 aromatic carbocycles. The van der Waals surface area contributed by atoms with Gasteiger partial charge in [-0.15, -0.1) is 23.7 Å². The van der Waals surface area contributed by atoms with Crippen LogP contribution in [0.25, 0.3) is 0 Å². The monoisotopic (exact) mass is 316 g/mol. The number of hydrogen-bond acceptors (Lipinski definition) is 4. The van der Waals surface area contributed by atoms with E-state index in [0.29, 0.717) is 15.1 Å². The van der Waals surface area contributed by atoms with Crippen molar-refractivity contribution in [3.8, 4) is 0 Å². The lowest BCUT2D eigenvalue weighted by Crippen LogP contribution is -2.35. The Kier molecular flexibility index (Phi) is 5.24. The molecule has 0 amide bonds. The van der Waals surface area contributed by atoms with Crippen LogP contribution in [0.1, 0.15) is 12.0 Å². The van der Waals surface area contributed by atoms with E-state index in [1.54, 1.807) is 13.0 Å². The fourth-order valence-electron chi connectivity index (χ4n) is 1.60. The van der Waals surface area contributed by atoms with Crippen molar-refractivity contribution in [3.05, 3.63) is 16.0 Å². The first kappa shape index (κ1) is 15.2. The van der Waals surface area contributed by atoms with E-state index < -0.39 is 10.0 Å². The molecule has 1 fully saturated rings. The summed E-state index contributed by atoms with van der Waals surface area (Å²) in [4.78, 5) is 0. The van der Waals surface area contributed by atoms with E-state index in [2.05, 4.69) is 10.0 Å². The van der Waals surface area contributed by atoms with Crippen LogP contribution in [0.3, 0.4) is 0 Å². The summed E-state index contributed by atoms with van der Waals surface area (Å²) in [7, 11) is -3.40. The van der Waals surface area contributed by atoms with Crippen molar-refractivity contribution in [2.24, 2.45) is 0 Å². The van der Waals surface area contributed by atoms with Crippen LogP contribution in [-0.2, 0) is 10.0 Å². The van der Waals surface area contributed by atoms with Gasteiger partial charge in [-0.25, -0.2) is 13.1 Å². The van der Waals surface area contributed by atoms with Crippen LogP contribution in [0.4, 0.5) is 0 Å². The number of aryl methyl sites for hydroxylation is 1. The largest absolute Gasteiger partial charge is 0.315 e. The summed E-state index contributed by atoms with van der Waals surface area (Å²) in [6.07, 6.45) is 0.831. The van der Waals surface area contributed by atoms with E-state index >= 15 is 0 Å². The standard InChI is InChI=1S/C9H13ClN2O2S2.ClH/c1-6-4-8(15-9(6)10)16(13,14)12-7-2-3-11-5-7;/h4,7,11-12H,2-3,5H2,1H3;1H. The van der Waals surface area contributed by atoms with Gasteiger partial charge in [0.25, 0.3) is 0 Å². The maximum absolute atomic E-state index is 12.0. The number of sulfonamides is 1. The molecule has 0 bridgehead atoms. The summed E-state index contributed by atoms with van der Waals surface area (Å²) >= 11 is 6.97.